The summed E-state index contributed by atoms with van der Waals surface area (Å²) in [5, 5.41) is 0. The number of aryl methyl sites for hydroxylation is 2. The van der Waals surface area contributed by atoms with E-state index >= 15 is 0 Å². The van der Waals surface area contributed by atoms with Gasteiger partial charge in [-0.15, -0.1) is 0 Å². The molecule has 3 rings (SSSR count). The van der Waals surface area contributed by atoms with Crippen molar-refractivity contribution in [1.82, 2.24) is 9.55 Å². The van der Waals surface area contributed by atoms with Gasteiger partial charge >= 0.3 is 5.97 Å². The number of nitrogens with zero attached hydrogens (tertiary/aromatic N) is 2. The summed E-state index contributed by atoms with van der Waals surface area (Å²) >= 11 is 0. The fourth-order valence-electron chi connectivity index (χ4n) is 2.87. The molecule has 5 heteroatoms. The first-order chi connectivity index (χ1) is 12.7. The molecule has 0 aliphatic rings. The van der Waals surface area contributed by atoms with Crippen LogP contribution in [-0.4, -0.2) is 29.7 Å². The van der Waals surface area contributed by atoms with Gasteiger partial charge in [0, 0.05) is 25.4 Å². The summed E-state index contributed by atoms with van der Waals surface area (Å²) in [4.78, 5) is 16.2. The van der Waals surface area contributed by atoms with Crippen molar-refractivity contribution in [2.24, 2.45) is 0 Å². The summed E-state index contributed by atoms with van der Waals surface area (Å²) in [7, 11) is 3.06. The van der Waals surface area contributed by atoms with Crippen molar-refractivity contribution in [3.8, 4) is 5.75 Å². The molecular weight excluding hydrogens is 328 g/mol. The highest BCUT2D eigenvalue weighted by Gasteiger charge is 2.08. The van der Waals surface area contributed by atoms with Crippen LogP contribution in [0.1, 0.15) is 27.3 Å². The van der Waals surface area contributed by atoms with Crippen molar-refractivity contribution in [3.63, 3.8) is 0 Å². The van der Waals surface area contributed by atoms with Crippen LogP contribution in [0.15, 0.2) is 60.9 Å². The molecule has 0 aliphatic carbocycles. The third-order valence-corrected chi connectivity index (χ3v) is 4.30. The Bertz CT molecular complexity index is 869. The van der Waals surface area contributed by atoms with Crippen LogP contribution in [0.25, 0.3) is 0 Å². The minimum absolute atomic E-state index is 0.322. The molecule has 0 saturated heterocycles. The van der Waals surface area contributed by atoms with Gasteiger partial charge in [-0.25, -0.2) is 9.78 Å². The lowest BCUT2D eigenvalue weighted by atomic mass is 10.1. The van der Waals surface area contributed by atoms with E-state index in [4.69, 9.17) is 9.47 Å². The predicted octanol–water partition coefficient (Wildman–Crippen LogP) is 3.51. The van der Waals surface area contributed by atoms with Crippen molar-refractivity contribution in [3.05, 3.63) is 83.4 Å². The number of ether oxygens (including phenoxy) is 2. The van der Waals surface area contributed by atoms with Crippen LogP contribution in [0.3, 0.4) is 0 Å². The first kappa shape index (κ1) is 17.7. The number of methoxy groups -OCH3 is 2. The highest BCUT2D eigenvalue weighted by molar-refractivity contribution is 5.89. The van der Waals surface area contributed by atoms with Gasteiger partial charge in [-0.1, -0.05) is 24.3 Å². The average Bonchev–Trinajstić information content (AvgIpc) is 3.13. The van der Waals surface area contributed by atoms with E-state index in [9.17, 15) is 4.79 Å². The normalized spacial score (nSPS) is 10.5. The highest BCUT2D eigenvalue weighted by atomic mass is 16.5. The lowest BCUT2D eigenvalue weighted by Gasteiger charge is -2.09. The molecule has 2 aromatic carbocycles. The number of carbonyl (C=O) groups is 1. The molecular formula is C21H22N2O3. The lowest BCUT2D eigenvalue weighted by Crippen LogP contribution is -2.07. The molecule has 0 N–H and O–H groups in total. The molecule has 3 aromatic rings. The topological polar surface area (TPSA) is 53.4 Å². The van der Waals surface area contributed by atoms with E-state index in [2.05, 4.69) is 21.7 Å². The minimum atomic E-state index is -0.322. The molecule has 1 aromatic heterocycles. The van der Waals surface area contributed by atoms with Gasteiger partial charge in [-0.2, -0.15) is 0 Å². The number of carbonyl (C=O) groups excluding carboxylic acids is 1. The maximum atomic E-state index is 11.7. The molecule has 0 aliphatic heterocycles. The van der Waals surface area contributed by atoms with E-state index in [1.807, 2.05) is 42.7 Å². The van der Waals surface area contributed by atoms with E-state index in [-0.39, 0.29) is 5.97 Å². The second-order valence-electron chi connectivity index (χ2n) is 6.01. The molecule has 0 atom stereocenters. The Morgan fingerprint density at radius 1 is 1.04 bits per heavy atom. The van der Waals surface area contributed by atoms with Gasteiger partial charge in [0.25, 0.3) is 0 Å². The number of hydrogen-bond donors (Lipinski definition) is 0. The van der Waals surface area contributed by atoms with Crippen molar-refractivity contribution >= 4 is 5.97 Å². The number of benzene rings is 2. The fourth-order valence-corrected chi connectivity index (χ4v) is 2.87. The highest BCUT2D eigenvalue weighted by Crippen LogP contribution is 2.14. The van der Waals surface area contributed by atoms with Crippen LogP contribution < -0.4 is 4.74 Å². The SMILES string of the molecule is COC(=O)c1cccc(Cn2ccnc2CCc2ccc(OC)cc2)c1. The second kappa shape index (κ2) is 8.34. The maximum Gasteiger partial charge on any atom is 0.337 e. The fraction of sp³-hybridized carbons (Fsp3) is 0.238. The van der Waals surface area contributed by atoms with Gasteiger partial charge < -0.3 is 14.0 Å². The predicted molar refractivity (Wildman–Crippen MR) is 99.5 cm³/mol. The van der Waals surface area contributed by atoms with Crippen molar-refractivity contribution < 1.29 is 14.3 Å². The third kappa shape index (κ3) is 4.30. The van der Waals surface area contributed by atoms with Gasteiger partial charge in [0.2, 0.25) is 0 Å². The Kier molecular flexibility index (Phi) is 5.69. The Hall–Kier alpha value is -3.08. The Labute approximate surface area is 153 Å². The van der Waals surface area contributed by atoms with Gasteiger partial charge in [-0.3, -0.25) is 0 Å². The number of aromatic nitrogens is 2. The second-order valence-corrected chi connectivity index (χ2v) is 6.01. The van der Waals surface area contributed by atoms with Gasteiger partial charge in [-0.05, 0) is 41.8 Å². The molecule has 134 valence electrons. The maximum absolute atomic E-state index is 11.7. The molecule has 0 radical (unpaired) electrons. The number of rotatable bonds is 7. The minimum Gasteiger partial charge on any atom is -0.497 e. The Balaban J connectivity index is 1.67. The van der Waals surface area contributed by atoms with E-state index in [0.717, 1.165) is 30.0 Å². The first-order valence-corrected chi connectivity index (χ1v) is 8.50. The summed E-state index contributed by atoms with van der Waals surface area (Å²) in [6.45, 7) is 0.669. The molecule has 0 unspecified atom stereocenters. The molecule has 26 heavy (non-hydrogen) atoms. The number of esters is 1. The van der Waals surface area contributed by atoms with Crippen molar-refractivity contribution in [2.75, 3.05) is 14.2 Å². The van der Waals surface area contributed by atoms with Crippen LogP contribution >= 0.6 is 0 Å². The summed E-state index contributed by atoms with van der Waals surface area (Å²) in [6, 6.07) is 15.6. The zero-order valence-corrected chi connectivity index (χ0v) is 15.0. The first-order valence-electron chi connectivity index (χ1n) is 8.50. The zero-order chi connectivity index (χ0) is 18.4. The lowest BCUT2D eigenvalue weighted by molar-refractivity contribution is 0.0600. The van der Waals surface area contributed by atoms with E-state index in [1.54, 1.807) is 13.2 Å². The van der Waals surface area contributed by atoms with Crippen LogP contribution in [0, 0.1) is 0 Å². The van der Waals surface area contributed by atoms with Gasteiger partial charge in [0.15, 0.2) is 0 Å². The quantitative estimate of drug-likeness (QED) is 0.612. The molecule has 0 saturated carbocycles. The summed E-state index contributed by atoms with van der Waals surface area (Å²) < 4.78 is 12.1. The molecule has 0 fully saturated rings. The Morgan fingerprint density at radius 3 is 2.58 bits per heavy atom. The van der Waals surface area contributed by atoms with Gasteiger partial charge in [0.1, 0.15) is 11.6 Å². The molecule has 0 bridgehead atoms. The molecule has 0 spiro atoms. The largest absolute Gasteiger partial charge is 0.497 e. The summed E-state index contributed by atoms with van der Waals surface area (Å²) in [5.74, 6) is 1.56. The van der Waals surface area contributed by atoms with Crippen LogP contribution in [0.5, 0.6) is 5.75 Å². The van der Waals surface area contributed by atoms with Crippen molar-refractivity contribution in [1.29, 1.82) is 0 Å². The summed E-state index contributed by atoms with van der Waals surface area (Å²) in [6.07, 6.45) is 5.53. The molecule has 5 nitrogen and oxygen atoms in total. The van der Waals surface area contributed by atoms with Crippen molar-refractivity contribution in [2.45, 2.75) is 19.4 Å². The van der Waals surface area contributed by atoms with Crippen LogP contribution in [0.2, 0.25) is 0 Å². The number of imidazole rings is 1. The Morgan fingerprint density at radius 2 is 1.85 bits per heavy atom. The molecule has 1 heterocycles. The van der Waals surface area contributed by atoms with E-state index in [0.29, 0.717) is 12.1 Å². The standard InChI is InChI=1S/C21H22N2O3/c1-25-19-9-6-16(7-10-19)8-11-20-22-12-13-23(20)15-17-4-3-5-18(14-17)21(24)26-2/h3-7,9-10,12-14H,8,11,15H2,1-2H3. The van der Waals surface area contributed by atoms with Crippen LogP contribution in [0.4, 0.5) is 0 Å². The van der Waals surface area contributed by atoms with E-state index < -0.39 is 0 Å². The average molecular weight is 350 g/mol. The number of hydrogen-bond acceptors (Lipinski definition) is 4. The third-order valence-electron chi connectivity index (χ3n) is 4.30. The monoisotopic (exact) mass is 350 g/mol. The smallest absolute Gasteiger partial charge is 0.337 e. The zero-order valence-electron chi connectivity index (χ0n) is 15.0. The van der Waals surface area contributed by atoms with Crippen LogP contribution in [-0.2, 0) is 24.1 Å². The van der Waals surface area contributed by atoms with E-state index in [1.165, 1.54) is 12.7 Å². The van der Waals surface area contributed by atoms with Gasteiger partial charge in [0.05, 0.1) is 19.8 Å². The summed E-state index contributed by atoms with van der Waals surface area (Å²) in [5.41, 5.74) is 2.84. The molecule has 0 amide bonds.